The minimum Gasteiger partial charge on any atom is -0.478 e. The number of carbonyl (C=O) groups is 2. The molecule has 1 aromatic rings. The summed E-state index contributed by atoms with van der Waals surface area (Å²) in [4.78, 5) is 25.1. The summed E-state index contributed by atoms with van der Waals surface area (Å²) in [5.74, 6) is -0.243. The zero-order valence-electron chi connectivity index (χ0n) is 12.2. The zero-order valence-corrected chi connectivity index (χ0v) is 14.6. The summed E-state index contributed by atoms with van der Waals surface area (Å²) < 4.78 is 0.544. The van der Waals surface area contributed by atoms with E-state index in [0.717, 1.165) is 12.2 Å². The lowest BCUT2D eigenvalue weighted by molar-refractivity contribution is 0.0698. The molecule has 1 atom stereocenters. The van der Waals surface area contributed by atoms with Crippen molar-refractivity contribution in [3.8, 4) is 0 Å². The van der Waals surface area contributed by atoms with Gasteiger partial charge in [0.2, 0.25) is 0 Å². The van der Waals surface area contributed by atoms with Gasteiger partial charge in [-0.1, -0.05) is 13.0 Å². The monoisotopic (exact) mass is 374 g/mol. The predicted octanol–water partition coefficient (Wildman–Crippen LogP) is 3.75. The highest BCUT2D eigenvalue weighted by Gasteiger charge is 2.21. The summed E-state index contributed by atoms with van der Waals surface area (Å²) in [6.07, 6.45) is 2.83. The van der Waals surface area contributed by atoms with Gasteiger partial charge >= 0.3 is 12.0 Å². The number of carboxylic acids is 1. The van der Waals surface area contributed by atoms with Crippen LogP contribution in [0.5, 0.6) is 0 Å². The Kier molecular flexibility index (Phi) is 7.04. The molecule has 0 aromatic heterocycles. The molecule has 1 aromatic carbocycles. The Bertz CT molecular complexity index is 525. The topological polar surface area (TPSA) is 69.6 Å². The maximum Gasteiger partial charge on any atom is 0.337 e. The van der Waals surface area contributed by atoms with E-state index in [2.05, 4.69) is 21.2 Å². The molecule has 0 heterocycles. The number of aromatic carboxylic acids is 1. The van der Waals surface area contributed by atoms with Gasteiger partial charge in [0.25, 0.3) is 0 Å². The maximum absolute atomic E-state index is 12.3. The first kappa shape index (κ1) is 17.8. The number of hydrogen-bond acceptors (Lipinski definition) is 3. The Hall–Kier alpha value is -1.21. The van der Waals surface area contributed by atoms with Crippen molar-refractivity contribution in [1.82, 2.24) is 4.90 Å². The number of carboxylic acid groups (broad SMARTS) is 1. The molecule has 0 aliphatic carbocycles. The minimum atomic E-state index is -1.08. The van der Waals surface area contributed by atoms with Crippen LogP contribution < -0.4 is 5.32 Å². The molecule has 1 rings (SSSR count). The van der Waals surface area contributed by atoms with Gasteiger partial charge in [-0.15, -0.1) is 0 Å². The number of benzene rings is 1. The number of urea groups is 1. The molecule has 0 aliphatic rings. The third-order valence-corrected chi connectivity index (χ3v) is 4.55. The lowest BCUT2D eigenvalue weighted by Gasteiger charge is -2.27. The molecule has 2 N–H and O–H groups in total. The van der Waals surface area contributed by atoms with Crippen LogP contribution in [0.15, 0.2) is 22.7 Å². The molecule has 5 nitrogen and oxygen atoms in total. The van der Waals surface area contributed by atoms with Crippen LogP contribution in [-0.4, -0.2) is 47.1 Å². The molecular weight excluding hydrogens is 356 g/mol. The standard InChI is InChI=1S/C14H19BrN2O3S/c1-4-9(8-21-3)17(2)14(20)16-12-10(13(18)19)6-5-7-11(12)15/h5-7,9H,4,8H2,1-3H3,(H,16,20)(H,18,19). The maximum atomic E-state index is 12.3. The first-order valence-corrected chi connectivity index (χ1v) is 8.65. The SMILES string of the molecule is CCC(CSC)N(C)C(=O)Nc1c(Br)cccc1C(=O)O. The molecule has 0 spiro atoms. The van der Waals surface area contributed by atoms with Gasteiger partial charge in [0.15, 0.2) is 0 Å². The highest BCUT2D eigenvalue weighted by Crippen LogP contribution is 2.27. The zero-order chi connectivity index (χ0) is 16.0. The van der Waals surface area contributed by atoms with Crippen LogP contribution >= 0.6 is 27.7 Å². The smallest absolute Gasteiger partial charge is 0.337 e. The van der Waals surface area contributed by atoms with E-state index in [0.29, 0.717) is 4.47 Å². The fourth-order valence-corrected chi connectivity index (χ4v) is 3.20. The van der Waals surface area contributed by atoms with Crippen LogP contribution in [0.3, 0.4) is 0 Å². The average Bonchev–Trinajstić information content (AvgIpc) is 2.45. The number of nitrogens with zero attached hydrogens (tertiary/aromatic N) is 1. The summed E-state index contributed by atoms with van der Waals surface area (Å²) in [6, 6.07) is 4.57. The second-order valence-electron chi connectivity index (χ2n) is 4.53. The van der Waals surface area contributed by atoms with Gasteiger partial charge in [0.05, 0.1) is 11.3 Å². The fraction of sp³-hybridized carbons (Fsp3) is 0.429. The molecule has 7 heteroatoms. The largest absolute Gasteiger partial charge is 0.478 e. The third-order valence-electron chi connectivity index (χ3n) is 3.17. The van der Waals surface area contributed by atoms with Crippen LogP contribution in [0, 0.1) is 0 Å². The molecule has 0 fully saturated rings. The van der Waals surface area contributed by atoms with Crippen LogP contribution in [-0.2, 0) is 0 Å². The van der Waals surface area contributed by atoms with Gasteiger partial charge in [-0.05, 0) is 40.7 Å². The van der Waals surface area contributed by atoms with E-state index in [1.165, 1.54) is 6.07 Å². The van der Waals surface area contributed by atoms with E-state index in [4.69, 9.17) is 0 Å². The quantitative estimate of drug-likeness (QED) is 0.795. The summed E-state index contributed by atoms with van der Waals surface area (Å²) in [5, 5.41) is 11.9. The highest BCUT2D eigenvalue weighted by atomic mass is 79.9. The molecule has 116 valence electrons. The van der Waals surface area contributed by atoms with E-state index >= 15 is 0 Å². The molecule has 0 aliphatic heterocycles. The molecule has 0 bridgehead atoms. The van der Waals surface area contributed by atoms with E-state index in [-0.39, 0.29) is 23.3 Å². The second-order valence-corrected chi connectivity index (χ2v) is 6.29. The fourth-order valence-electron chi connectivity index (χ4n) is 1.89. The van der Waals surface area contributed by atoms with Crippen LogP contribution in [0.1, 0.15) is 23.7 Å². The van der Waals surface area contributed by atoms with Gasteiger partial charge in [-0.25, -0.2) is 9.59 Å². The van der Waals surface area contributed by atoms with Gasteiger partial charge < -0.3 is 15.3 Å². The molecule has 2 amide bonds. The lowest BCUT2D eigenvalue weighted by atomic mass is 10.2. The highest BCUT2D eigenvalue weighted by molar-refractivity contribution is 9.10. The summed E-state index contributed by atoms with van der Waals surface area (Å²) in [5.41, 5.74) is 0.338. The first-order chi connectivity index (χ1) is 9.92. The Balaban J connectivity index is 2.95. The third kappa shape index (κ3) is 4.64. The van der Waals surface area contributed by atoms with Crippen molar-refractivity contribution in [2.24, 2.45) is 0 Å². The summed E-state index contributed by atoms with van der Waals surface area (Å²) in [6.45, 7) is 2.02. The number of thioether (sulfide) groups is 1. The number of nitrogens with one attached hydrogen (secondary N) is 1. The van der Waals surface area contributed by atoms with Gasteiger partial charge in [0, 0.05) is 23.3 Å². The van der Waals surface area contributed by atoms with Crippen LogP contribution in [0.25, 0.3) is 0 Å². The van der Waals surface area contributed by atoms with Crippen molar-refractivity contribution in [3.05, 3.63) is 28.2 Å². The normalized spacial score (nSPS) is 11.8. The van der Waals surface area contributed by atoms with Crippen molar-refractivity contribution in [3.63, 3.8) is 0 Å². The molecule has 0 saturated heterocycles. The van der Waals surface area contributed by atoms with E-state index < -0.39 is 5.97 Å². The van der Waals surface area contributed by atoms with Crippen molar-refractivity contribution in [2.45, 2.75) is 19.4 Å². The number of rotatable bonds is 6. The van der Waals surface area contributed by atoms with Crippen LogP contribution in [0.4, 0.5) is 10.5 Å². The van der Waals surface area contributed by atoms with E-state index in [1.807, 2.05) is 13.2 Å². The summed E-state index contributed by atoms with van der Waals surface area (Å²) >= 11 is 4.95. The van der Waals surface area contributed by atoms with Gasteiger partial charge in [-0.3, -0.25) is 0 Å². The van der Waals surface area contributed by atoms with E-state index in [9.17, 15) is 14.7 Å². The van der Waals surface area contributed by atoms with Crippen molar-refractivity contribution in [2.75, 3.05) is 24.4 Å². The molecule has 0 radical (unpaired) electrons. The van der Waals surface area contributed by atoms with Crippen LogP contribution in [0.2, 0.25) is 0 Å². The molecule has 0 saturated carbocycles. The minimum absolute atomic E-state index is 0.0593. The Morgan fingerprint density at radius 1 is 1.48 bits per heavy atom. The van der Waals surface area contributed by atoms with Gasteiger partial charge in [-0.2, -0.15) is 11.8 Å². The Labute approximate surface area is 137 Å². The van der Waals surface area contributed by atoms with Crippen molar-refractivity contribution < 1.29 is 14.7 Å². The van der Waals surface area contributed by atoms with E-state index in [1.54, 1.807) is 35.8 Å². The number of amides is 2. The molecule has 21 heavy (non-hydrogen) atoms. The number of carbonyl (C=O) groups excluding carboxylic acids is 1. The summed E-state index contributed by atoms with van der Waals surface area (Å²) in [7, 11) is 1.72. The number of anilines is 1. The van der Waals surface area contributed by atoms with Gasteiger partial charge in [0.1, 0.15) is 0 Å². The average molecular weight is 375 g/mol. The lowest BCUT2D eigenvalue weighted by Crippen LogP contribution is -2.41. The number of hydrogen-bond donors (Lipinski definition) is 2. The van der Waals surface area contributed by atoms with Crippen molar-refractivity contribution >= 4 is 45.4 Å². The number of halogens is 1. The number of para-hydroxylation sites is 1. The Morgan fingerprint density at radius 3 is 2.67 bits per heavy atom. The second kappa shape index (κ2) is 8.29. The first-order valence-electron chi connectivity index (χ1n) is 6.46. The predicted molar refractivity (Wildman–Crippen MR) is 90.3 cm³/mol. The Morgan fingerprint density at radius 2 is 2.14 bits per heavy atom. The molecule has 1 unspecified atom stereocenters. The molecular formula is C14H19BrN2O3S. The van der Waals surface area contributed by atoms with Crippen molar-refractivity contribution in [1.29, 1.82) is 0 Å².